The average Bonchev–Trinajstić information content (AvgIpc) is 2.45. The summed E-state index contributed by atoms with van der Waals surface area (Å²) in [5.74, 6) is 0.987. The molecule has 0 radical (unpaired) electrons. The molecule has 2 amide bonds. The maximum Gasteiger partial charge on any atom is 0.317 e. The molecule has 0 saturated carbocycles. The second kappa shape index (κ2) is 6.77. The van der Waals surface area contributed by atoms with Crippen LogP contribution in [0.5, 0.6) is 0 Å². The van der Waals surface area contributed by atoms with Crippen LogP contribution in [0.1, 0.15) is 41.0 Å². The van der Waals surface area contributed by atoms with Crippen molar-refractivity contribution < 1.29 is 4.79 Å². The molecule has 5 heteroatoms. The zero-order valence-electron chi connectivity index (χ0n) is 15.1. The van der Waals surface area contributed by atoms with Crippen LogP contribution in [0, 0.1) is 5.41 Å². The molecule has 1 aromatic heterocycles. The first kappa shape index (κ1) is 17.6. The summed E-state index contributed by atoms with van der Waals surface area (Å²) in [6.07, 6.45) is 2.75. The second-order valence-corrected chi connectivity index (χ2v) is 8.21. The lowest BCUT2D eigenvalue weighted by Gasteiger charge is -2.39. The smallest absolute Gasteiger partial charge is 0.317 e. The number of anilines is 1. The first-order valence-electron chi connectivity index (χ1n) is 8.39. The zero-order valence-corrected chi connectivity index (χ0v) is 15.1. The molecule has 0 spiro atoms. The SMILES string of the molecule is CC(C)(C)CC(C)(C)NC(=O)N1CCN(c2ccccn2)CC1. The number of hydrogen-bond donors (Lipinski definition) is 1. The van der Waals surface area contributed by atoms with E-state index in [1.54, 1.807) is 0 Å². The van der Waals surface area contributed by atoms with E-state index in [1.165, 1.54) is 0 Å². The number of rotatable bonds is 3. The van der Waals surface area contributed by atoms with E-state index in [9.17, 15) is 4.79 Å². The molecule has 1 fully saturated rings. The molecule has 0 atom stereocenters. The third-order valence-corrected chi connectivity index (χ3v) is 3.96. The van der Waals surface area contributed by atoms with Crippen molar-refractivity contribution in [1.82, 2.24) is 15.2 Å². The number of urea groups is 1. The van der Waals surface area contributed by atoms with Gasteiger partial charge in [0.15, 0.2) is 0 Å². The molecule has 23 heavy (non-hydrogen) atoms. The summed E-state index contributed by atoms with van der Waals surface area (Å²) >= 11 is 0. The first-order chi connectivity index (χ1) is 10.7. The van der Waals surface area contributed by atoms with Crippen molar-refractivity contribution in [2.24, 2.45) is 5.41 Å². The van der Waals surface area contributed by atoms with Crippen LogP contribution in [0.2, 0.25) is 0 Å². The number of hydrogen-bond acceptors (Lipinski definition) is 3. The van der Waals surface area contributed by atoms with Crippen molar-refractivity contribution in [3.63, 3.8) is 0 Å². The molecule has 5 nitrogen and oxygen atoms in total. The third-order valence-electron chi connectivity index (χ3n) is 3.96. The van der Waals surface area contributed by atoms with Crippen molar-refractivity contribution >= 4 is 11.8 Å². The number of nitrogens with one attached hydrogen (secondary N) is 1. The van der Waals surface area contributed by atoms with Crippen LogP contribution in [0.4, 0.5) is 10.6 Å². The standard InChI is InChI=1S/C18H30N4O/c1-17(2,3)14-18(4,5)20-16(23)22-12-10-21(11-13-22)15-8-6-7-9-19-15/h6-9H,10-14H2,1-5H3,(H,20,23). The van der Waals surface area contributed by atoms with Gasteiger partial charge in [0.25, 0.3) is 0 Å². The van der Waals surface area contributed by atoms with Gasteiger partial charge in [0.05, 0.1) is 0 Å². The Balaban J connectivity index is 1.86. The van der Waals surface area contributed by atoms with Gasteiger partial charge in [-0.05, 0) is 37.8 Å². The van der Waals surface area contributed by atoms with Gasteiger partial charge in [0.1, 0.15) is 5.82 Å². The number of piperazine rings is 1. The first-order valence-corrected chi connectivity index (χ1v) is 8.39. The molecule has 1 N–H and O–H groups in total. The predicted octanol–water partition coefficient (Wildman–Crippen LogP) is 3.13. The molecule has 0 unspecified atom stereocenters. The summed E-state index contributed by atoms with van der Waals surface area (Å²) in [6, 6.07) is 5.98. The van der Waals surface area contributed by atoms with Crippen LogP contribution in [0.25, 0.3) is 0 Å². The molecule has 2 rings (SSSR count). The van der Waals surface area contributed by atoms with E-state index in [-0.39, 0.29) is 17.0 Å². The summed E-state index contributed by atoms with van der Waals surface area (Å²) < 4.78 is 0. The van der Waals surface area contributed by atoms with E-state index in [0.717, 1.165) is 38.4 Å². The highest BCUT2D eigenvalue weighted by molar-refractivity contribution is 5.75. The maximum absolute atomic E-state index is 12.5. The van der Waals surface area contributed by atoms with Crippen LogP contribution in [0.3, 0.4) is 0 Å². The molecule has 0 bridgehead atoms. The van der Waals surface area contributed by atoms with Crippen molar-refractivity contribution in [2.45, 2.75) is 46.6 Å². The number of aromatic nitrogens is 1. The Labute approximate surface area is 140 Å². The van der Waals surface area contributed by atoms with Crippen molar-refractivity contribution in [3.05, 3.63) is 24.4 Å². The molecule has 1 aliphatic rings. The normalized spacial score (nSPS) is 16.4. The lowest BCUT2D eigenvalue weighted by molar-refractivity contribution is 0.172. The minimum absolute atomic E-state index is 0.0416. The second-order valence-electron chi connectivity index (χ2n) is 8.21. The lowest BCUT2D eigenvalue weighted by atomic mass is 9.82. The average molecular weight is 318 g/mol. The van der Waals surface area contributed by atoms with Gasteiger partial charge in [-0.25, -0.2) is 9.78 Å². The van der Waals surface area contributed by atoms with E-state index in [4.69, 9.17) is 0 Å². The Hall–Kier alpha value is -1.78. The largest absolute Gasteiger partial charge is 0.353 e. The fourth-order valence-electron chi connectivity index (χ4n) is 3.42. The minimum atomic E-state index is -0.201. The molecule has 1 saturated heterocycles. The number of pyridine rings is 1. The lowest BCUT2D eigenvalue weighted by Crippen LogP contribution is -2.56. The Bertz CT molecular complexity index is 514. The van der Waals surface area contributed by atoms with Crippen molar-refractivity contribution in [3.8, 4) is 0 Å². The highest BCUT2D eigenvalue weighted by Gasteiger charge is 2.30. The summed E-state index contributed by atoms with van der Waals surface area (Å²) in [7, 11) is 0. The quantitative estimate of drug-likeness (QED) is 0.931. The van der Waals surface area contributed by atoms with Crippen LogP contribution < -0.4 is 10.2 Å². The Kier molecular flexibility index (Phi) is 5.17. The van der Waals surface area contributed by atoms with Crippen LogP contribution >= 0.6 is 0 Å². The van der Waals surface area contributed by atoms with Crippen LogP contribution in [0.15, 0.2) is 24.4 Å². The van der Waals surface area contributed by atoms with E-state index < -0.39 is 0 Å². The fraction of sp³-hybridized carbons (Fsp3) is 0.667. The third kappa shape index (κ3) is 5.41. The topological polar surface area (TPSA) is 48.5 Å². The molecule has 1 aliphatic heterocycles. The van der Waals surface area contributed by atoms with Crippen molar-refractivity contribution in [1.29, 1.82) is 0 Å². The molecule has 1 aromatic rings. The van der Waals surface area contributed by atoms with Crippen LogP contribution in [-0.2, 0) is 0 Å². The fourth-order valence-corrected chi connectivity index (χ4v) is 3.42. The highest BCUT2D eigenvalue weighted by atomic mass is 16.2. The van der Waals surface area contributed by atoms with E-state index in [2.05, 4.69) is 49.8 Å². The minimum Gasteiger partial charge on any atom is -0.353 e. The van der Waals surface area contributed by atoms with Gasteiger partial charge in [0.2, 0.25) is 0 Å². The van der Waals surface area contributed by atoms with Gasteiger partial charge in [-0.15, -0.1) is 0 Å². The van der Waals surface area contributed by atoms with E-state index in [1.807, 2.05) is 29.3 Å². The van der Waals surface area contributed by atoms with E-state index >= 15 is 0 Å². The Morgan fingerprint density at radius 2 is 1.78 bits per heavy atom. The number of nitrogens with zero attached hydrogens (tertiary/aromatic N) is 3. The summed E-state index contributed by atoms with van der Waals surface area (Å²) in [4.78, 5) is 21.0. The molecule has 128 valence electrons. The zero-order chi connectivity index (χ0) is 17.1. The van der Waals surface area contributed by atoms with Gasteiger partial charge in [-0.1, -0.05) is 26.8 Å². The highest BCUT2D eigenvalue weighted by Crippen LogP contribution is 2.27. The number of carbonyl (C=O) groups excluding carboxylic acids is 1. The Morgan fingerprint density at radius 1 is 1.13 bits per heavy atom. The van der Waals surface area contributed by atoms with E-state index in [0.29, 0.717) is 0 Å². The maximum atomic E-state index is 12.5. The van der Waals surface area contributed by atoms with Gasteiger partial charge in [-0.3, -0.25) is 0 Å². The molecular formula is C18H30N4O. The van der Waals surface area contributed by atoms with Gasteiger partial charge in [0, 0.05) is 37.9 Å². The molecule has 2 heterocycles. The number of carbonyl (C=O) groups is 1. The summed E-state index contributed by atoms with van der Waals surface area (Å²) in [5, 5.41) is 3.19. The molecule has 0 aromatic carbocycles. The molecular weight excluding hydrogens is 288 g/mol. The number of amides is 2. The summed E-state index contributed by atoms with van der Waals surface area (Å²) in [5.41, 5.74) is -0.0120. The summed E-state index contributed by atoms with van der Waals surface area (Å²) in [6.45, 7) is 13.9. The van der Waals surface area contributed by atoms with Gasteiger partial charge >= 0.3 is 6.03 Å². The van der Waals surface area contributed by atoms with Crippen LogP contribution in [-0.4, -0.2) is 47.6 Å². The van der Waals surface area contributed by atoms with Gasteiger partial charge < -0.3 is 15.1 Å². The van der Waals surface area contributed by atoms with Crippen molar-refractivity contribution in [2.75, 3.05) is 31.1 Å². The molecule has 0 aliphatic carbocycles. The Morgan fingerprint density at radius 3 is 2.30 bits per heavy atom. The van der Waals surface area contributed by atoms with Gasteiger partial charge in [-0.2, -0.15) is 0 Å². The monoisotopic (exact) mass is 318 g/mol. The predicted molar refractivity (Wildman–Crippen MR) is 94.7 cm³/mol.